The molecule has 1 aromatic heterocycles. The van der Waals surface area contributed by atoms with Gasteiger partial charge in [-0.2, -0.15) is 0 Å². The summed E-state index contributed by atoms with van der Waals surface area (Å²) in [7, 11) is 0. The van der Waals surface area contributed by atoms with Crippen LogP contribution in [0.4, 0.5) is 4.39 Å². The number of rotatable bonds is 6. The van der Waals surface area contributed by atoms with Crippen LogP contribution in [0.5, 0.6) is 0 Å². The molecule has 2 aromatic rings. The molecule has 0 saturated carbocycles. The molecule has 0 aliphatic carbocycles. The lowest BCUT2D eigenvalue weighted by atomic mass is 9.97. The molecule has 4 heteroatoms. The molecule has 1 atom stereocenters. The predicted molar refractivity (Wildman–Crippen MR) is 72.2 cm³/mol. The van der Waals surface area contributed by atoms with E-state index in [0.29, 0.717) is 13.0 Å². The van der Waals surface area contributed by atoms with E-state index in [2.05, 4.69) is 4.98 Å². The summed E-state index contributed by atoms with van der Waals surface area (Å²) in [4.78, 5) is 3.96. The van der Waals surface area contributed by atoms with Crippen LogP contribution in [0.2, 0.25) is 0 Å². The van der Waals surface area contributed by atoms with E-state index in [1.165, 1.54) is 12.1 Å². The summed E-state index contributed by atoms with van der Waals surface area (Å²) < 4.78 is 14.6. The third-order valence-corrected chi connectivity index (χ3v) is 3.18. The molecule has 1 N–H and O–H groups in total. The largest absolute Gasteiger partial charge is 0.388 e. The number of hydrogen-bond donors (Lipinski definition) is 1. The van der Waals surface area contributed by atoms with Crippen LogP contribution >= 0.6 is 0 Å². The molecule has 3 nitrogen and oxygen atoms in total. The van der Waals surface area contributed by atoms with E-state index < -0.39 is 5.60 Å². The summed E-state index contributed by atoms with van der Waals surface area (Å²) in [5.41, 5.74) is 0.348. The Hall–Kier alpha value is -1.68. The predicted octanol–water partition coefficient (Wildman–Crippen LogP) is 2.80. The molecule has 1 unspecified atom stereocenters. The maximum Gasteiger partial charge on any atom is 0.123 e. The smallest absolute Gasteiger partial charge is 0.123 e. The fourth-order valence-electron chi connectivity index (χ4n) is 2.18. The van der Waals surface area contributed by atoms with E-state index in [-0.39, 0.29) is 5.82 Å². The van der Waals surface area contributed by atoms with Gasteiger partial charge in [0.15, 0.2) is 0 Å². The van der Waals surface area contributed by atoms with Gasteiger partial charge in [-0.3, -0.25) is 0 Å². The molecular formula is C15H19FN2O. The summed E-state index contributed by atoms with van der Waals surface area (Å²) >= 11 is 0. The Morgan fingerprint density at radius 3 is 2.68 bits per heavy atom. The third kappa shape index (κ3) is 4.48. The first-order chi connectivity index (χ1) is 9.05. The zero-order valence-corrected chi connectivity index (χ0v) is 11.1. The number of benzene rings is 1. The average molecular weight is 262 g/mol. The van der Waals surface area contributed by atoms with Crippen molar-refractivity contribution in [3.8, 4) is 0 Å². The monoisotopic (exact) mass is 262 g/mol. The number of hydrogen-bond acceptors (Lipinski definition) is 2. The summed E-state index contributed by atoms with van der Waals surface area (Å²) in [6.45, 7) is 2.37. The molecule has 0 radical (unpaired) electrons. The lowest BCUT2D eigenvalue weighted by molar-refractivity contribution is 0.0312. The molecule has 0 aliphatic rings. The van der Waals surface area contributed by atoms with E-state index in [1.807, 2.05) is 17.7 Å². The number of imidazole rings is 1. The molecule has 0 saturated heterocycles. The second-order valence-electron chi connectivity index (χ2n) is 5.21. The van der Waals surface area contributed by atoms with Crippen LogP contribution in [-0.4, -0.2) is 20.3 Å². The van der Waals surface area contributed by atoms with Crippen molar-refractivity contribution in [3.05, 3.63) is 54.4 Å². The van der Waals surface area contributed by atoms with Gasteiger partial charge in [0.1, 0.15) is 5.82 Å². The average Bonchev–Trinajstić information content (AvgIpc) is 2.83. The Morgan fingerprint density at radius 1 is 1.32 bits per heavy atom. The number of nitrogens with zero attached hydrogens (tertiary/aromatic N) is 2. The summed E-state index contributed by atoms with van der Waals surface area (Å²) in [5.74, 6) is -0.212. The highest BCUT2D eigenvalue weighted by molar-refractivity contribution is 5.16. The van der Waals surface area contributed by atoms with E-state index in [0.717, 1.165) is 18.4 Å². The minimum Gasteiger partial charge on any atom is -0.388 e. The molecular weight excluding hydrogens is 243 g/mol. The topological polar surface area (TPSA) is 38.0 Å². The fourth-order valence-corrected chi connectivity index (χ4v) is 2.18. The van der Waals surface area contributed by atoms with Crippen molar-refractivity contribution in [2.45, 2.75) is 38.3 Å². The minimum absolute atomic E-state index is 0.212. The Labute approximate surface area is 112 Å². The zero-order valence-electron chi connectivity index (χ0n) is 11.1. The molecule has 2 rings (SSSR count). The van der Waals surface area contributed by atoms with Crippen LogP contribution in [0.25, 0.3) is 0 Å². The van der Waals surface area contributed by atoms with Gasteiger partial charge in [0, 0.05) is 12.4 Å². The van der Waals surface area contributed by atoms with Gasteiger partial charge in [0.25, 0.3) is 0 Å². The second kappa shape index (κ2) is 5.97. The Bertz CT molecular complexity index is 491. The van der Waals surface area contributed by atoms with Gasteiger partial charge in [-0.25, -0.2) is 9.37 Å². The highest BCUT2D eigenvalue weighted by atomic mass is 19.1. The van der Waals surface area contributed by atoms with Gasteiger partial charge in [-0.1, -0.05) is 12.1 Å². The lowest BCUT2D eigenvalue weighted by Gasteiger charge is -2.23. The second-order valence-corrected chi connectivity index (χ2v) is 5.21. The maximum absolute atomic E-state index is 12.8. The number of aryl methyl sites for hydroxylation is 1. The maximum atomic E-state index is 12.8. The third-order valence-electron chi connectivity index (χ3n) is 3.18. The van der Waals surface area contributed by atoms with Crippen molar-refractivity contribution in [1.29, 1.82) is 0 Å². The first kappa shape index (κ1) is 13.7. The van der Waals surface area contributed by atoms with Gasteiger partial charge >= 0.3 is 0 Å². The van der Waals surface area contributed by atoms with Crippen LogP contribution in [0.15, 0.2) is 43.0 Å². The summed E-state index contributed by atoms with van der Waals surface area (Å²) in [6.07, 6.45) is 7.66. The Balaban J connectivity index is 1.79. The molecule has 0 bridgehead atoms. The zero-order chi connectivity index (χ0) is 13.7. The van der Waals surface area contributed by atoms with Gasteiger partial charge in [0.05, 0.1) is 18.5 Å². The number of halogens is 1. The minimum atomic E-state index is -0.749. The van der Waals surface area contributed by atoms with Crippen molar-refractivity contribution in [2.75, 3.05) is 0 Å². The lowest BCUT2D eigenvalue weighted by Crippen LogP contribution is -2.30. The van der Waals surface area contributed by atoms with E-state index in [1.54, 1.807) is 24.7 Å². The van der Waals surface area contributed by atoms with Crippen molar-refractivity contribution in [2.24, 2.45) is 0 Å². The van der Waals surface area contributed by atoms with Crippen molar-refractivity contribution in [1.82, 2.24) is 9.55 Å². The molecule has 0 fully saturated rings. The molecule has 0 amide bonds. The van der Waals surface area contributed by atoms with Crippen LogP contribution in [-0.2, 0) is 13.0 Å². The molecule has 19 heavy (non-hydrogen) atoms. The van der Waals surface area contributed by atoms with E-state index >= 15 is 0 Å². The molecule has 1 heterocycles. The summed E-state index contributed by atoms with van der Waals surface area (Å²) in [6, 6.07) is 6.53. The van der Waals surface area contributed by atoms with Crippen LogP contribution in [0.1, 0.15) is 25.3 Å². The Kier molecular flexibility index (Phi) is 4.32. The standard InChI is InChI=1S/C15H19FN2O/c1-15(19,11-18-10-9-17-12-18)8-2-3-13-4-6-14(16)7-5-13/h4-7,9-10,12,19H,2-3,8,11H2,1H3. The normalized spacial score (nSPS) is 14.3. The van der Waals surface area contributed by atoms with Gasteiger partial charge < -0.3 is 9.67 Å². The van der Waals surface area contributed by atoms with Crippen molar-refractivity contribution < 1.29 is 9.50 Å². The molecule has 0 aliphatic heterocycles. The van der Waals surface area contributed by atoms with Gasteiger partial charge in [0.2, 0.25) is 0 Å². The first-order valence-electron chi connectivity index (χ1n) is 6.48. The number of aromatic nitrogens is 2. The quantitative estimate of drug-likeness (QED) is 0.869. The number of aliphatic hydroxyl groups is 1. The van der Waals surface area contributed by atoms with E-state index in [9.17, 15) is 9.50 Å². The SMILES string of the molecule is CC(O)(CCCc1ccc(F)cc1)Cn1ccnc1. The highest BCUT2D eigenvalue weighted by Crippen LogP contribution is 2.17. The van der Waals surface area contributed by atoms with Crippen LogP contribution < -0.4 is 0 Å². The molecule has 0 spiro atoms. The van der Waals surface area contributed by atoms with Crippen molar-refractivity contribution >= 4 is 0 Å². The molecule has 1 aromatic carbocycles. The van der Waals surface area contributed by atoms with Crippen molar-refractivity contribution in [3.63, 3.8) is 0 Å². The fraction of sp³-hybridized carbons (Fsp3) is 0.400. The van der Waals surface area contributed by atoms with Crippen LogP contribution in [0.3, 0.4) is 0 Å². The first-order valence-corrected chi connectivity index (χ1v) is 6.48. The van der Waals surface area contributed by atoms with E-state index in [4.69, 9.17) is 0 Å². The highest BCUT2D eigenvalue weighted by Gasteiger charge is 2.20. The summed E-state index contributed by atoms with van der Waals surface area (Å²) in [5, 5.41) is 10.3. The van der Waals surface area contributed by atoms with Gasteiger partial charge in [-0.15, -0.1) is 0 Å². The molecule has 102 valence electrons. The van der Waals surface area contributed by atoms with Crippen LogP contribution in [0, 0.1) is 5.82 Å². The Morgan fingerprint density at radius 2 is 2.05 bits per heavy atom. The van der Waals surface area contributed by atoms with Gasteiger partial charge in [-0.05, 0) is 43.9 Å².